The van der Waals surface area contributed by atoms with Gasteiger partial charge in [0.2, 0.25) is 5.91 Å². The monoisotopic (exact) mass is 467 g/mol. The molecule has 2 heterocycles. The Bertz CT molecular complexity index is 779. The van der Waals surface area contributed by atoms with Gasteiger partial charge in [-0.3, -0.25) is 9.69 Å². The summed E-state index contributed by atoms with van der Waals surface area (Å²) in [6, 6.07) is 0.164. The number of nitrogen functional groups attached to an aromatic ring is 1. The van der Waals surface area contributed by atoms with E-state index < -0.39 is 47.5 Å². The van der Waals surface area contributed by atoms with Crippen molar-refractivity contribution in [2.45, 2.75) is 43.7 Å². The van der Waals surface area contributed by atoms with Gasteiger partial charge in [-0.2, -0.15) is 26.3 Å². The van der Waals surface area contributed by atoms with Crippen LogP contribution in [0.4, 0.5) is 32.0 Å². The quantitative estimate of drug-likeness (QED) is 0.466. The van der Waals surface area contributed by atoms with Gasteiger partial charge in [-0.05, 0) is 37.0 Å². The predicted molar refractivity (Wildman–Crippen MR) is 107 cm³/mol. The zero-order valence-electron chi connectivity index (χ0n) is 17.4. The third kappa shape index (κ3) is 5.65. The van der Waals surface area contributed by atoms with Crippen LogP contribution < -0.4 is 16.8 Å². The number of nitrogens with two attached hydrogens (primary N) is 2. The Kier molecular flexibility index (Phi) is 7.25. The van der Waals surface area contributed by atoms with Crippen LogP contribution >= 0.6 is 0 Å². The summed E-state index contributed by atoms with van der Waals surface area (Å²) in [6.07, 6.45) is -9.10. The molecule has 12 heteroatoms. The number of amides is 1. The fraction of sp³-hybridized carbons (Fsp3) is 0.650. The van der Waals surface area contributed by atoms with Crippen LogP contribution in [-0.2, 0) is 23.6 Å². The topological polar surface area (TPSA) is 87.6 Å². The van der Waals surface area contributed by atoms with Crippen molar-refractivity contribution < 1.29 is 31.1 Å². The first kappa shape index (κ1) is 24.6. The third-order valence-corrected chi connectivity index (χ3v) is 6.07. The van der Waals surface area contributed by atoms with Crippen molar-refractivity contribution in [3.63, 3.8) is 0 Å². The van der Waals surface area contributed by atoms with Crippen LogP contribution in [0.1, 0.15) is 29.5 Å². The minimum atomic E-state index is -5.07. The molecule has 1 aromatic rings. The van der Waals surface area contributed by atoms with Gasteiger partial charge in [-0.25, -0.2) is 0 Å². The molecule has 32 heavy (non-hydrogen) atoms. The summed E-state index contributed by atoms with van der Waals surface area (Å²) in [6.45, 7) is 4.57. The van der Waals surface area contributed by atoms with Crippen molar-refractivity contribution in [2.75, 3.05) is 45.0 Å². The number of halogens is 6. The van der Waals surface area contributed by atoms with E-state index in [1.54, 1.807) is 0 Å². The molecule has 2 aliphatic heterocycles. The third-order valence-electron chi connectivity index (χ3n) is 6.07. The summed E-state index contributed by atoms with van der Waals surface area (Å²) in [4.78, 5) is 16.6. The SMILES string of the molecule is Nc1c(C(F)(F)F)cc(C[C@@H](N)C(=O)N2CCC(N3CCNCC3)CC2)cc1C(F)(F)F. The molecule has 0 unspecified atom stereocenters. The lowest BCUT2D eigenvalue weighted by Gasteiger charge is -2.40. The van der Waals surface area contributed by atoms with Crippen molar-refractivity contribution in [1.29, 1.82) is 0 Å². The van der Waals surface area contributed by atoms with Crippen molar-refractivity contribution in [3.05, 3.63) is 28.8 Å². The molecule has 6 nitrogen and oxygen atoms in total. The zero-order valence-corrected chi connectivity index (χ0v) is 17.4. The van der Waals surface area contributed by atoms with E-state index in [0.717, 1.165) is 39.0 Å². The standard InChI is InChI=1S/C20H27F6N5O/c21-19(22,23)14-9-12(10-15(17(14)28)20(24,25)26)11-16(27)18(32)31-5-1-13(2-6-31)30-7-3-29-4-8-30/h9-10,13,16,29H,1-8,11,27-28H2/t16-/m1/s1. The van der Waals surface area contributed by atoms with Crippen LogP contribution in [0.2, 0.25) is 0 Å². The maximum absolute atomic E-state index is 13.2. The average molecular weight is 467 g/mol. The van der Waals surface area contributed by atoms with E-state index in [1.165, 1.54) is 4.90 Å². The van der Waals surface area contributed by atoms with Gasteiger partial charge in [0.25, 0.3) is 0 Å². The van der Waals surface area contributed by atoms with Gasteiger partial charge < -0.3 is 21.7 Å². The van der Waals surface area contributed by atoms with Gasteiger partial charge in [-0.15, -0.1) is 0 Å². The Hall–Kier alpha value is -2.05. The molecule has 1 aromatic carbocycles. The maximum Gasteiger partial charge on any atom is 0.418 e. The molecular formula is C20H27F6N5O. The fourth-order valence-corrected chi connectivity index (χ4v) is 4.37. The first-order valence-electron chi connectivity index (χ1n) is 10.4. The molecule has 0 saturated carbocycles. The Morgan fingerprint density at radius 3 is 1.97 bits per heavy atom. The van der Waals surface area contributed by atoms with Gasteiger partial charge in [0.15, 0.2) is 0 Å². The molecule has 2 fully saturated rings. The number of piperidine rings is 1. The number of hydrogen-bond donors (Lipinski definition) is 3. The van der Waals surface area contributed by atoms with E-state index in [2.05, 4.69) is 10.2 Å². The van der Waals surface area contributed by atoms with E-state index in [1.807, 2.05) is 0 Å². The predicted octanol–water partition coefficient (Wildman–Crippen LogP) is 2.07. The summed E-state index contributed by atoms with van der Waals surface area (Å²) in [7, 11) is 0. The Balaban J connectivity index is 1.68. The lowest BCUT2D eigenvalue weighted by atomic mass is 9.96. The number of nitrogens with one attached hydrogen (secondary N) is 1. The lowest BCUT2D eigenvalue weighted by Crippen LogP contribution is -2.54. The minimum absolute atomic E-state index is 0.338. The second kappa shape index (κ2) is 9.44. The molecule has 0 bridgehead atoms. The number of hydrogen-bond acceptors (Lipinski definition) is 5. The number of rotatable bonds is 4. The number of carbonyl (C=O) groups excluding carboxylic acids is 1. The van der Waals surface area contributed by atoms with Crippen LogP contribution in [0, 0.1) is 0 Å². The molecule has 180 valence electrons. The summed E-state index contributed by atoms with van der Waals surface area (Å²) in [5.41, 5.74) is 6.17. The number of benzene rings is 1. The van der Waals surface area contributed by atoms with Crippen LogP contribution in [0.25, 0.3) is 0 Å². The molecule has 2 aliphatic rings. The normalized spacial score (nSPS) is 20.4. The Labute approximate surface area is 181 Å². The first-order valence-corrected chi connectivity index (χ1v) is 10.4. The van der Waals surface area contributed by atoms with Gasteiger partial charge >= 0.3 is 12.4 Å². The van der Waals surface area contributed by atoms with Crippen molar-refractivity contribution >= 4 is 11.6 Å². The number of alkyl halides is 6. The highest BCUT2D eigenvalue weighted by molar-refractivity contribution is 5.82. The fourth-order valence-electron chi connectivity index (χ4n) is 4.37. The highest BCUT2D eigenvalue weighted by atomic mass is 19.4. The second-order valence-corrected chi connectivity index (χ2v) is 8.25. The van der Waals surface area contributed by atoms with E-state index in [0.29, 0.717) is 31.3 Å². The number of carbonyl (C=O) groups is 1. The molecule has 1 amide bonds. The van der Waals surface area contributed by atoms with Crippen LogP contribution in [-0.4, -0.2) is 67.1 Å². The van der Waals surface area contributed by atoms with E-state index in [4.69, 9.17) is 11.5 Å². The van der Waals surface area contributed by atoms with Gasteiger partial charge in [0.05, 0.1) is 22.9 Å². The second-order valence-electron chi connectivity index (χ2n) is 8.25. The molecule has 0 aliphatic carbocycles. The van der Waals surface area contributed by atoms with Crippen molar-refractivity contribution in [2.24, 2.45) is 5.73 Å². The summed E-state index contributed by atoms with van der Waals surface area (Å²) in [5.74, 6) is -0.484. The molecule has 5 N–H and O–H groups in total. The minimum Gasteiger partial charge on any atom is -0.398 e. The van der Waals surface area contributed by atoms with Crippen LogP contribution in [0.3, 0.4) is 0 Å². The maximum atomic E-state index is 13.2. The van der Waals surface area contributed by atoms with Crippen LogP contribution in [0.5, 0.6) is 0 Å². The number of anilines is 1. The molecule has 0 radical (unpaired) electrons. The van der Waals surface area contributed by atoms with E-state index in [-0.39, 0.29) is 5.56 Å². The largest absolute Gasteiger partial charge is 0.418 e. The van der Waals surface area contributed by atoms with Crippen molar-refractivity contribution in [3.8, 4) is 0 Å². The molecule has 3 rings (SSSR count). The van der Waals surface area contributed by atoms with E-state index in [9.17, 15) is 31.1 Å². The molecular weight excluding hydrogens is 440 g/mol. The van der Waals surface area contributed by atoms with Crippen LogP contribution in [0.15, 0.2) is 12.1 Å². The zero-order chi connectivity index (χ0) is 23.7. The highest BCUT2D eigenvalue weighted by Gasteiger charge is 2.41. The summed E-state index contributed by atoms with van der Waals surface area (Å²) in [5, 5.41) is 3.28. The molecule has 1 atom stereocenters. The summed E-state index contributed by atoms with van der Waals surface area (Å²) >= 11 is 0. The summed E-state index contributed by atoms with van der Waals surface area (Å²) < 4.78 is 79.3. The first-order chi connectivity index (χ1) is 14.9. The van der Waals surface area contributed by atoms with Gasteiger partial charge in [0.1, 0.15) is 0 Å². The Morgan fingerprint density at radius 1 is 1.00 bits per heavy atom. The van der Waals surface area contributed by atoms with Crippen molar-refractivity contribution in [1.82, 2.24) is 15.1 Å². The van der Waals surface area contributed by atoms with E-state index >= 15 is 0 Å². The number of nitrogens with zero attached hydrogens (tertiary/aromatic N) is 2. The van der Waals surface area contributed by atoms with Gasteiger partial charge in [-0.1, -0.05) is 0 Å². The number of piperazine rings is 1. The average Bonchev–Trinajstić information content (AvgIpc) is 2.73. The molecule has 0 aromatic heterocycles. The molecule has 2 saturated heterocycles. The Morgan fingerprint density at radius 2 is 1.50 bits per heavy atom. The van der Waals surface area contributed by atoms with Gasteiger partial charge in [0, 0.05) is 45.3 Å². The highest BCUT2D eigenvalue weighted by Crippen LogP contribution is 2.42. The smallest absolute Gasteiger partial charge is 0.398 e. The lowest BCUT2D eigenvalue weighted by molar-refractivity contribution is -0.141. The number of likely N-dealkylation sites (tertiary alicyclic amines) is 1. The molecule has 0 spiro atoms.